The highest BCUT2D eigenvalue weighted by Gasteiger charge is 2.14. The molecule has 0 N–H and O–H groups in total. The molecule has 0 amide bonds. The molecule has 1 fully saturated rings. The Bertz CT molecular complexity index is 655. The summed E-state index contributed by atoms with van der Waals surface area (Å²) in [5, 5.41) is 0. The molecule has 1 heteroatoms. The molecule has 0 unspecified atom stereocenters. The Morgan fingerprint density at radius 3 is 1.31 bits per heavy atom. The van der Waals surface area contributed by atoms with Crippen LogP contribution in [0.1, 0.15) is 81.8 Å². The molecule has 3 rings (SSSR count). The molecule has 0 aromatic heterocycles. The van der Waals surface area contributed by atoms with E-state index < -0.39 is 0 Å². The van der Waals surface area contributed by atoms with E-state index in [0.29, 0.717) is 6.04 Å². The Morgan fingerprint density at radius 2 is 0.897 bits per heavy atom. The van der Waals surface area contributed by atoms with E-state index in [1.54, 1.807) is 0 Å². The monoisotopic (exact) mass is 387 g/mol. The fourth-order valence-electron chi connectivity index (χ4n) is 4.21. The number of nitrogens with zero attached hydrogens (tertiary/aromatic N) is 1. The van der Waals surface area contributed by atoms with Crippen molar-refractivity contribution in [3.8, 4) is 0 Å². The fraction of sp³-hybridized carbons (Fsp3) is 0.429. The third-order valence-corrected chi connectivity index (χ3v) is 5.97. The number of rotatable bonds is 5. The van der Waals surface area contributed by atoms with Gasteiger partial charge in [0.1, 0.15) is 0 Å². The smallest absolute Gasteiger partial charge is 0.0330 e. The predicted molar refractivity (Wildman–Crippen MR) is 127 cm³/mol. The van der Waals surface area contributed by atoms with Gasteiger partial charge in [0.15, 0.2) is 0 Å². The van der Waals surface area contributed by atoms with Gasteiger partial charge >= 0.3 is 0 Å². The quantitative estimate of drug-likeness (QED) is 0.498. The molecule has 0 spiro atoms. The number of hydrogen-bond acceptors (Lipinski definition) is 1. The zero-order valence-corrected chi connectivity index (χ0v) is 17.9. The van der Waals surface area contributed by atoms with Gasteiger partial charge in [-0.25, -0.2) is 0 Å². The minimum absolute atomic E-state index is 0.592. The second-order valence-electron chi connectivity index (χ2n) is 8.31. The van der Waals surface area contributed by atoms with Crippen molar-refractivity contribution in [3.05, 3.63) is 84.2 Å². The molecule has 0 heterocycles. The Hall–Kier alpha value is -2.28. The van der Waals surface area contributed by atoms with Crippen LogP contribution in [0.25, 0.3) is 12.2 Å². The second kappa shape index (κ2) is 13.0. The van der Waals surface area contributed by atoms with Crippen LogP contribution in [-0.2, 0) is 0 Å². The van der Waals surface area contributed by atoms with E-state index >= 15 is 0 Å². The first kappa shape index (κ1) is 21.4. The SMILES string of the molecule is C(=CN(C=Cc1ccccc1)C1CCCCCCCCCCC1)c1ccccc1. The first-order valence-corrected chi connectivity index (χ1v) is 11.7. The molecule has 2 aromatic carbocycles. The van der Waals surface area contributed by atoms with Crippen LogP contribution in [0.15, 0.2) is 73.1 Å². The zero-order valence-electron chi connectivity index (χ0n) is 17.9. The van der Waals surface area contributed by atoms with Crippen molar-refractivity contribution in [1.82, 2.24) is 4.90 Å². The summed E-state index contributed by atoms with van der Waals surface area (Å²) in [4.78, 5) is 2.48. The molecule has 29 heavy (non-hydrogen) atoms. The van der Waals surface area contributed by atoms with Crippen LogP contribution < -0.4 is 0 Å². The van der Waals surface area contributed by atoms with Gasteiger partial charge in [0.05, 0.1) is 0 Å². The van der Waals surface area contributed by atoms with Crippen molar-refractivity contribution < 1.29 is 0 Å². The maximum atomic E-state index is 2.48. The summed E-state index contributed by atoms with van der Waals surface area (Å²) in [5.74, 6) is 0. The molecular formula is C28H37N. The van der Waals surface area contributed by atoms with Gasteiger partial charge in [0, 0.05) is 18.4 Å². The highest BCUT2D eigenvalue weighted by Crippen LogP contribution is 2.22. The number of benzene rings is 2. The van der Waals surface area contributed by atoms with Crippen molar-refractivity contribution in [2.24, 2.45) is 0 Å². The molecular weight excluding hydrogens is 350 g/mol. The summed E-state index contributed by atoms with van der Waals surface area (Å²) in [6.07, 6.45) is 24.3. The average Bonchev–Trinajstić information content (AvgIpc) is 2.76. The molecule has 0 bridgehead atoms. The average molecular weight is 388 g/mol. The molecule has 0 aliphatic heterocycles. The Balaban J connectivity index is 1.74. The van der Waals surface area contributed by atoms with Gasteiger partial charge in [0.2, 0.25) is 0 Å². The first-order chi connectivity index (χ1) is 14.4. The predicted octanol–water partition coefficient (Wildman–Crippen LogP) is 8.30. The highest BCUT2D eigenvalue weighted by molar-refractivity contribution is 5.51. The minimum atomic E-state index is 0.592. The van der Waals surface area contributed by atoms with E-state index in [2.05, 4.69) is 90.1 Å². The lowest BCUT2D eigenvalue weighted by Crippen LogP contribution is -2.26. The summed E-state index contributed by atoms with van der Waals surface area (Å²) < 4.78 is 0. The summed E-state index contributed by atoms with van der Waals surface area (Å²) in [6.45, 7) is 0. The summed E-state index contributed by atoms with van der Waals surface area (Å²) in [6, 6.07) is 21.9. The van der Waals surface area contributed by atoms with Crippen molar-refractivity contribution >= 4 is 12.2 Å². The minimum Gasteiger partial charge on any atom is -0.351 e. The largest absolute Gasteiger partial charge is 0.351 e. The summed E-state index contributed by atoms with van der Waals surface area (Å²) in [5.41, 5.74) is 2.53. The van der Waals surface area contributed by atoms with E-state index in [0.717, 1.165) is 0 Å². The van der Waals surface area contributed by atoms with Crippen molar-refractivity contribution in [3.63, 3.8) is 0 Å². The molecule has 1 aliphatic rings. The van der Waals surface area contributed by atoms with Gasteiger partial charge in [-0.15, -0.1) is 0 Å². The van der Waals surface area contributed by atoms with E-state index in [-0.39, 0.29) is 0 Å². The molecule has 0 saturated heterocycles. The van der Waals surface area contributed by atoms with Gasteiger partial charge in [-0.05, 0) is 36.1 Å². The lowest BCUT2D eigenvalue weighted by molar-refractivity contribution is 0.306. The molecule has 1 aliphatic carbocycles. The maximum Gasteiger partial charge on any atom is 0.0330 e. The van der Waals surface area contributed by atoms with Crippen molar-refractivity contribution in [1.29, 1.82) is 0 Å². The topological polar surface area (TPSA) is 3.24 Å². The Kier molecular flexibility index (Phi) is 9.63. The molecule has 0 atom stereocenters. The lowest BCUT2D eigenvalue weighted by Gasteiger charge is -2.28. The molecule has 1 nitrogen and oxygen atoms in total. The van der Waals surface area contributed by atoms with Gasteiger partial charge in [-0.3, -0.25) is 0 Å². The third-order valence-electron chi connectivity index (χ3n) is 5.97. The standard InChI is InChI=1S/C28H37N/c1-2-4-6-14-20-28(21-15-7-5-3-1)29(24-22-26-16-10-8-11-17-26)25-23-27-18-12-9-13-19-27/h8-13,16-19,22-25,28H,1-7,14-15,20-21H2. The van der Waals surface area contributed by atoms with Crippen LogP contribution >= 0.6 is 0 Å². The third kappa shape index (κ3) is 8.31. The van der Waals surface area contributed by atoms with Crippen LogP contribution in [0.3, 0.4) is 0 Å². The Labute approximate surface area is 178 Å². The molecule has 1 saturated carbocycles. The van der Waals surface area contributed by atoms with E-state index in [9.17, 15) is 0 Å². The van der Waals surface area contributed by atoms with Crippen LogP contribution in [-0.4, -0.2) is 10.9 Å². The van der Waals surface area contributed by atoms with Crippen LogP contribution in [0.2, 0.25) is 0 Å². The van der Waals surface area contributed by atoms with Gasteiger partial charge < -0.3 is 4.90 Å². The van der Waals surface area contributed by atoms with Crippen molar-refractivity contribution in [2.75, 3.05) is 0 Å². The first-order valence-electron chi connectivity index (χ1n) is 11.7. The van der Waals surface area contributed by atoms with Gasteiger partial charge in [0.25, 0.3) is 0 Å². The van der Waals surface area contributed by atoms with E-state index in [1.165, 1.54) is 81.8 Å². The lowest BCUT2D eigenvalue weighted by atomic mass is 9.97. The number of hydrogen-bond donors (Lipinski definition) is 0. The van der Waals surface area contributed by atoms with Crippen LogP contribution in [0.4, 0.5) is 0 Å². The summed E-state index contributed by atoms with van der Waals surface area (Å²) in [7, 11) is 0. The van der Waals surface area contributed by atoms with Crippen LogP contribution in [0.5, 0.6) is 0 Å². The Morgan fingerprint density at radius 1 is 0.517 bits per heavy atom. The molecule has 2 aromatic rings. The van der Waals surface area contributed by atoms with Crippen molar-refractivity contribution in [2.45, 2.75) is 76.7 Å². The van der Waals surface area contributed by atoms with Crippen LogP contribution in [0, 0.1) is 0 Å². The highest BCUT2D eigenvalue weighted by atomic mass is 15.1. The summed E-state index contributed by atoms with van der Waals surface area (Å²) >= 11 is 0. The maximum absolute atomic E-state index is 2.48. The zero-order chi connectivity index (χ0) is 20.0. The normalized spacial score (nSPS) is 17.8. The molecule has 154 valence electrons. The van der Waals surface area contributed by atoms with E-state index in [1.807, 2.05) is 0 Å². The fourth-order valence-corrected chi connectivity index (χ4v) is 4.21. The van der Waals surface area contributed by atoms with Gasteiger partial charge in [-0.1, -0.05) is 118 Å². The molecule has 0 radical (unpaired) electrons. The second-order valence-corrected chi connectivity index (χ2v) is 8.31. The van der Waals surface area contributed by atoms with Gasteiger partial charge in [-0.2, -0.15) is 0 Å². The van der Waals surface area contributed by atoms with E-state index in [4.69, 9.17) is 0 Å².